The molecule has 2 heterocycles. The first-order chi connectivity index (χ1) is 9.20. The van der Waals surface area contributed by atoms with Crippen LogP contribution in [-0.4, -0.2) is 23.0 Å². The SMILES string of the molecule is COC(=O)c1ccnc(NCc2cnccc2C)c1. The van der Waals surface area contributed by atoms with E-state index in [4.69, 9.17) is 0 Å². The number of nitrogens with zero attached hydrogens (tertiary/aromatic N) is 2. The maximum atomic E-state index is 11.4. The van der Waals surface area contributed by atoms with E-state index < -0.39 is 0 Å². The highest BCUT2D eigenvalue weighted by atomic mass is 16.5. The average Bonchev–Trinajstić information content (AvgIpc) is 2.46. The Hall–Kier alpha value is -2.43. The number of hydrogen-bond donors (Lipinski definition) is 1. The standard InChI is InChI=1S/C14H15N3O2/c1-10-3-5-15-8-12(10)9-17-13-7-11(4-6-16-13)14(18)19-2/h3-8H,9H2,1-2H3,(H,16,17). The molecule has 0 saturated heterocycles. The summed E-state index contributed by atoms with van der Waals surface area (Å²) in [6, 6.07) is 5.24. The number of methoxy groups -OCH3 is 1. The lowest BCUT2D eigenvalue weighted by atomic mass is 10.1. The van der Waals surface area contributed by atoms with Gasteiger partial charge in [0.15, 0.2) is 0 Å². The maximum Gasteiger partial charge on any atom is 0.338 e. The molecule has 1 N–H and O–H groups in total. The van der Waals surface area contributed by atoms with Crippen molar-refractivity contribution in [3.05, 3.63) is 53.5 Å². The van der Waals surface area contributed by atoms with Gasteiger partial charge in [0.1, 0.15) is 5.82 Å². The summed E-state index contributed by atoms with van der Waals surface area (Å²) in [4.78, 5) is 19.7. The van der Waals surface area contributed by atoms with Crippen LogP contribution in [0.25, 0.3) is 0 Å². The summed E-state index contributed by atoms with van der Waals surface area (Å²) in [7, 11) is 1.36. The normalized spacial score (nSPS) is 10.0. The predicted octanol–water partition coefficient (Wildman–Crippen LogP) is 2.18. The number of aromatic nitrogens is 2. The molecule has 0 radical (unpaired) electrons. The molecule has 0 aliphatic carbocycles. The number of rotatable bonds is 4. The van der Waals surface area contributed by atoms with Crippen molar-refractivity contribution in [2.45, 2.75) is 13.5 Å². The van der Waals surface area contributed by atoms with E-state index in [0.29, 0.717) is 17.9 Å². The van der Waals surface area contributed by atoms with Crippen LogP contribution in [-0.2, 0) is 11.3 Å². The molecule has 0 spiro atoms. The van der Waals surface area contributed by atoms with E-state index in [9.17, 15) is 4.79 Å². The van der Waals surface area contributed by atoms with Crippen LogP contribution in [0, 0.1) is 6.92 Å². The zero-order valence-electron chi connectivity index (χ0n) is 10.9. The molecule has 0 aliphatic heterocycles. The second-order valence-electron chi connectivity index (χ2n) is 4.08. The van der Waals surface area contributed by atoms with E-state index in [2.05, 4.69) is 20.0 Å². The molecule has 0 aromatic carbocycles. The van der Waals surface area contributed by atoms with Gasteiger partial charge in [-0.3, -0.25) is 4.98 Å². The average molecular weight is 257 g/mol. The molecule has 0 amide bonds. The van der Waals surface area contributed by atoms with Crippen molar-refractivity contribution in [1.29, 1.82) is 0 Å². The van der Waals surface area contributed by atoms with Gasteiger partial charge in [-0.25, -0.2) is 9.78 Å². The van der Waals surface area contributed by atoms with Crippen molar-refractivity contribution in [3.63, 3.8) is 0 Å². The third kappa shape index (κ3) is 3.28. The van der Waals surface area contributed by atoms with Crippen LogP contribution in [0.5, 0.6) is 0 Å². The minimum absolute atomic E-state index is 0.372. The minimum Gasteiger partial charge on any atom is -0.465 e. The summed E-state index contributed by atoms with van der Waals surface area (Å²) < 4.78 is 4.67. The van der Waals surface area contributed by atoms with Crippen molar-refractivity contribution in [3.8, 4) is 0 Å². The smallest absolute Gasteiger partial charge is 0.338 e. The molecule has 5 heteroatoms. The quantitative estimate of drug-likeness (QED) is 0.850. The first kappa shape index (κ1) is 13.0. The highest BCUT2D eigenvalue weighted by Crippen LogP contribution is 2.11. The van der Waals surface area contributed by atoms with Crippen LogP contribution in [0.2, 0.25) is 0 Å². The highest BCUT2D eigenvalue weighted by molar-refractivity contribution is 5.89. The first-order valence-electron chi connectivity index (χ1n) is 5.88. The molecule has 0 fully saturated rings. The van der Waals surface area contributed by atoms with Gasteiger partial charge >= 0.3 is 5.97 Å². The van der Waals surface area contributed by atoms with E-state index in [1.807, 2.05) is 19.2 Å². The highest BCUT2D eigenvalue weighted by Gasteiger charge is 2.06. The number of carbonyl (C=O) groups is 1. The zero-order valence-corrected chi connectivity index (χ0v) is 10.9. The third-order valence-corrected chi connectivity index (χ3v) is 2.79. The lowest BCUT2D eigenvalue weighted by Gasteiger charge is -2.08. The summed E-state index contributed by atoms with van der Waals surface area (Å²) >= 11 is 0. The van der Waals surface area contributed by atoms with Gasteiger partial charge in [0.2, 0.25) is 0 Å². The summed E-state index contributed by atoms with van der Waals surface area (Å²) in [5.74, 6) is 0.258. The van der Waals surface area contributed by atoms with Crippen LogP contribution < -0.4 is 5.32 Å². The fraction of sp³-hybridized carbons (Fsp3) is 0.214. The van der Waals surface area contributed by atoms with Gasteiger partial charge in [-0.2, -0.15) is 0 Å². The number of ether oxygens (including phenoxy) is 1. The van der Waals surface area contributed by atoms with Crippen LogP contribution in [0.15, 0.2) is 36.8 Å². The number of carbonyl (C=O) groups excluding carboxylic acids is 1. The van der Waals surface area contributed by atoms with Crippen molar-refractivity contribution in [1.82, 2.24) is 9.97 Å². The van der Waals surface area contributed by atoms with E-state index in [-0.39, 0.29) is 5.97 Å². The van der Waals surface area contributed by atoms with Crippen LogP contribution in [0.3, 0.4) is 0 Å². The molecule has 0 bridgehead atoms. The molecule has 2 aromatic heterocycles. The van der Waals surface area contributed by atoms with E-state index in [0.717, 1.165) is 11.1 Å². The van der Waals surface area contributed by atoms with Gasteiger partial charge in [0.05, 0.1) is 12.7 Å². The van der Waals surface area contributed by atoms with E-state index in [1.54, 1.807) is 24.5 Å². The Labute approximate surface area is 111 Å². The third-order valence-electron chi connectivity index (χ3n) is 2.79. The van der Waals surface area contributed by atoms with Crippen molar-refractivity contribution in [2.75, 3.05) is 12.4 Å². The lowest BCUT2D eigenvalue weighted by molar-refractivity contribution is 0.0600. The number of anilines is 1. The molecule has 0 unspecified atom stereocenters. The van der Waals surface area contributed by atoms with E-state index >= 15 is 0 Å². The fourth-order valence-electron chi connectivity index (χ4n) is 1.64. The Morgan fingerprint density at radius 1 is 1.37 bits per heavy atom. The summed E-state index contributed by atoms with van der Waals surface area (Å²) in [5, 5.41) is 3.16. The van der Waals surface area contributed by atoms with Gasteiger partial charge < -0.3 is 10.1 Å². The number of pyridine rings is 2. The molecule has 2 aromatic rings. The Morgan fingerprint density at radius 2 is 2.21 bits per heavy atom. The molecule has 19 heavy (non-hydrogen) atoms. The summed E-state index contributed by atoms with van der Waals surface area (Å²) in [6.07, 6.45) is 5.14. The van der Waals surface area contributed by atoms with Crippen LogP contribution >= 0.6 is 0 Å². The van der Waals surface area contributed by atoms with E-state index in [1.165, 1.54) is 7.11 Å². The first-order valence-corrected chi connectivity index (χ1v) is 5.88. The van der Waals surface area contributed by atoms with Crippen molar-refractivity contribution >= 4 is 11.8 Å². The predicted molar refractivity (Wildman–Crippen MR) is 71.9 cm³/mol. The van der Waals surface area contributed by atoms with Gasteiger partial charge in [0.25, 0.3) is 0 Å². The molecule has 5 nitrogen and oxygen atoms in total. The number of hydrogen-bond acceptors (Lipinski definition) is 5. The Balaban J connectivity index is 2.08. The van der Waals surface area contributed by atoms with Gasteiger partial charge in [-0.15, -0.1) is 0 Å². The fourth-order valence-corrected chi connectivity index (χ4v) is 1.64. The Morgan fingerprint density at radius 3 is 2.95 bits per heavy atom. The molecular formula is C14H15N3O2. The monoisotopic (exact) mass is 257 g/mol. The summed E-state index contributed by atoms with van der Waals surface area (Å²) in [6.45, 7) is 2.63. The molecule has 0 atom stereocenters. The second kappa shape index (κ2) is 5.95. The molecule has 98 valence electrons. The van der Waals surface area contributed by atoms with Gasteiger partial charge in [-0.05, 0) is 36.2 Å². The van der Waals surface area contributed by atoms with Crippen LogP contribution in [0.4, 0.5) is 5.82 Å². The second-order valence-corrected chi connectivity index (χ2v) is 4.08. The molecule has 2 rings (SSSR count). The number of aryl methyl sites for hydroxylation is 1. The number of esters is 1. The molecular weight excluding hydrogens is 242 g/mol. The van der Waals surface area contributed by atoms with Gasteiger partial charge in [-0.1, -0.05) is 0 Å². The van der Waals surface area contributed by atoms with Crippen molar-refractivity contribution < 1.29 is 9.53 Å². The zero-order chi connectivity index (χ0) is 13.7. The largest absolute Gasteiger partial charge is 0.465 e. The lowest BCUT2D eigenvalue weighted by Crippen LogP contribution is -2.06. The Kier molecular flexibility index (Phi) is 4.07. The van der Waals surface area contributed by atoms with Crippen LogP contribution in [0.1, 0.15) is 21.5 Å². The minimum atomic E-state index is -0.372. The molecule has 0 aliphatic rings. The van der Waals surface area contributed by atoms with Gasteiger partial charge in [0, 0.05) is 25.1 Å². The topological polar surface area (TPSA) is 64.1 Å². The van der Waals surface area contributed by atoms with Crippen molar-refractivity contribution in [2.24, 2.45) is 0 Å². The summed E-state index contributed by atoms with van der Waals surface area (Å²) in [5.41, 5.74) is 2.72. The molecule has 0 saturated carbocycles. The Bertz CT molecular complexity index is 584. The maximum absolute atomic E-state index is 11.4. The number of nitrogens with one attached hydrogen (secondary N) is 1.